The largest absolute Gasteiger partial charge is 0.545 e. The third-order valence-electron chi connectivity index (χ3n) is 4.80. The number of aromatic carboxylic acids is 1. The maximum atomic E-state index is 12.6. The van der Waals surface area contributed by atoms with Gasteiger partial charge >= 0.3 is 5.97 Å². The summed E-state index contributed by atoms with van der Waals surface area (Å²) in [6.07, 6.45) is 1.52. The molecule has 0 aliphatic carbocycles. The molecule has 2 amide bonds. The first-order valence-electron chi connectivity index (χ1n) is 9.71. The molecule has 0 radical (unpaired) electrons. The van der Waals surface area contributed by atoms with Gasteiger partial charge in [0.25, 0.3) is 11.1 Å². The van der Waals surface area contributed by atoms with Gasteiger partial charge in [0, 0.05) is 0 Å². The van der Waals surface area contributed by atoms with Gasteiger partial charge in [-0.3, -0.25) is 14.5 Å². The molecule has 9 nitrogen and oxygen atoms in total. The van der Waals surface area contributed by atoms with Gasteiger partial charge in [0.2, 0.25) is 0 Å². The number of hydrogen-bond acceptors (Lipinski definition) is 9. The van der Waals surface area contributed by atoms with Gasteiger partial charge in [-0.1, -0.05) is 24.3 Å². The molecule has 3 rings (SSSR count). The van der Waals surface area contributed by atoms with Gasteiger partial charge in [-0.2, -0.15) is 0 Å². The summed E-state index contributed by atoms with van der Waals surface area (Å²) in [7, 11) is 2.64. The zero-order chi connectivity index (χ0) is 24.1. The van der Waals surface area contributed by atoms with Crippen LogP contribution >= 0.6 is 11.8 Å². The van der Waals surface area contributed by atoms with Crippen molar-refractivity contribution in [1.82, 2.24) is 4.90 Å². The smallest absolute Gasteiger partial charge is 0.328 e. The summed E-state index contributed by atoms with van der Waals surface area (Å²) in [5, 5.41) is 10.4. The summed E-state index contributed by atoms with van der Waals surface area (Å²) >= 11 is 0.727. The van der Waals surface area contributed by atoms with Gasteiger partial charge < -0.3 is 24.1 Å². The number of methoxy groups -OCH3 is 2. The molecule has 1 saturated heterocycles. The maximum Gasteiger partial charge on any atom is 0.328 e. The topological polar surface area (TPSA) is 122 Å². The number of hydrogen-bond donors (Lipinski definition) is 0. The SMILES string of the molecule is COC(=O)[C@H](C)N1C(=O)S/C(=C/c2ccc(OCc3cccc(C(=O)[O-])c3)c(OC)c2)C1=O. The highest BCUT2D eigenvalue weighted by Gasteiger charge is 2.41. The van der Waals surface area contributed by atoms with Crippen LogP contribution in [0.1, 0.15) is 28.4 Å². The van der Waals surface area contributed by atoms with E-state index in [0.29, 0.717) is 22.6 Å². The monoisotopic (exact) mass is 470 g/mol. The molecule has 0 spiro atoms. The molecule has 172 valence electrons. The number of rotatable bonds is 8. The average molecular weight is 470 g/mol. The summed E-state index contributed by atoms with van der Waals surface area (Å²) in [5.41, 5.74) is 1.26. The van der Waals surface area contributed by atoms with E-state index < -0.39 is 29.1 Å². The van der Waals surface area contributed by atoms with Gasteiger partial charge in [0.15, 0.2) is 11.5 Å². The van der Waals surface area contributed by atoms with Crippen molar-refractivity contribution in [3.63, 3.8) is 0 Å². The lowest BCUT2D eigenvalue weighted by Gasteiger charge is -2.18. The summed E-state index contributed by atoms with van der Waals surface area (Å²) in [5.74, 6) is -1.77. The Hall–Kier alpha value is -3.79. The second-order valence-corrected chi connectivity index (χ2v) is 7.93. The van der Waals surface area contributed by atoms with Gasteiger partial charge in [0.05, 0.1) is 25.1 Å². The summed E-state index contributed by atoms with van der Waals surface area (Å²) in [4.78, 5) is 48.6. The highest BCUT2D eigenvalue weighted by atomic mass is 32.2. The van der Waals surface area contributed by atoms with E-state index in [1.807, 2.05) is 0 Å². The first-order valence-corrected chi connectivity index (χ1v) is 10.5. The second-order valence-electron chi connectivity index (χ2n) is 6.94. The number of nitrogens with zero attached hydrogens (tertiary/aromatic N) is 1. The van der Waals surface area contributed by atoms with E-state index in [1.54, 1.807) is 30.3 Å². The minimum atomic E-state index is -1.27. The van der Waals surface area contributed by atoms with E-state index in [0.717, 1.165) is 16.7 Å². The molecule has 0 N–H and O–H groups in total. The van der Waals surface area contributed by atoms with Crippen molar-refractivity contribution in [3.8, 4) is 11.5 Å². The molecular formula is C23H20NO8S-. The first kappa shape index (κ1) is 23.9. The van der Waals surface area contributed by atoms with E-state index in [1.165, 1.54) is 39.4 Å². The number of ether oxygens (including phenoxy) is 3. The van der Waals surface area contributed by atoms with Gasteiger partial charge in [-0.05, 0) is 59.7 Å². The Morgan fingerprint density at radius 3 is 2.55 bits per heavy atom. The minimum Gasteiger partial charge on any atom is -0.545 e. The molecular weight excluding hydrogens is 450 g/mol. The fourth-order valence-corrected chi connectivity index (χ4v) is 3.99. The Bertz CT molecular complexity index is 1140. The lowest BCUT2D eigenvalue weighted by molar-refractivity contribution is -0.255. The predicted octanol–water partition coefficient (Wildman–Crippen LogP) is 2.24. The molecule has 1 aliphatic heterocycles. The lowest BCUT2D eigenvalue weighted by atomic mass is 10.1. The molecule has 0 aromatic heterocycles. The van der Waals surface area contributed by atoms with Crippen LogP contribution in [0.15, 0.2) is 47.4 Å². The summed E-state index contributed by atoms with van der Waals surface area (Å²) in [6, 6.07) is 10.1. The van der Waals surface area contributed by atoms with E-state index in [4.69, 9.17) is 9.47 Å². The van der Waals surface area contributed by atoms with Crippen LogP contribution < -0.4 is 14.6 Å². The fourth-order valence-electron chi connectivity index (χ4n) is 3.08. The Labute approximate surface area is 193 Å². The molecule has 1 atom stereocenters. The lowest BCUT2D eigenvalue weighted by Crippen LogP contribution is -2.42. The molecule has 2 aromatic carbocycles. The zero-order valence-electron chi connectivity index (χ0n) is 18.0. The van der Waals surface area contributed by atoms with Crippen molar-refractivity contribution in [2.24, 2.45) is 0 Å². The first-order chi connectivity index (χ1) is 15.7. The quantitative estimate of drug-likeness (QED) is 0.422. The number of imide groups is 1. The number of benzene rings is 2. The summed E-state index contributed by atoms with van der Waals surface area (Å²) < 4.78 is 15.7. The van der Waals surface area contributed by atoms with Gasteiger partial charge in [0.1, 0.15) is 12.6 Å². The Balaban J connectivity index is 1.77. The van der Waals surface area contributed by atoms with Crippen molar-refractivity contribution in [2.75, 3.05) is 14.2 Å². The number of thioether (sulfide) groups is 1. The number of amides is 2. The minimum absolute atomic E-state index is 0.0499. The van der Waals surface area contributed by atoms with Crippen molar-refractivity contribution in [3.05, 3.63) is 64.1 Å². The van der Waals surface area contributed by atoms with Crippen LogP contribution in [-0.4, -0.2) is 48.2 Å². The van der Waals surface area contributed by atoms with Crippen LogP contribution in [0.25, 0.3) is 6.08 Å². The van der Waals surface area contributed by atoms with E-state index in [2.05, 4.69) is 4.74 Å². The zero-order valence-corrected chi connectivity index (χ0v) is 18.8. The normalized spacial score (nSPS) is 15.5. The van der Waals surface area contributed by atoms with Crippen LogP contribution in [0.3, 0.4) is 0 Å². The van der Waals surface area contributed by atoms with E-state index in [-0.39, 0.29) is 17.1 Å². The molecule has 0 unspecified atom stereocenters. The second kappa shape index (κ2) is 10.2. The highest BCUT2D eigenvalue weighted by molar-refractivity contribution is 8.18. The molecule has 1 heterocycles. The summed E-state index contributed by atoms with van der Waals surface area (Å²) in [6.45, 7) is 1.52. The van der Waals surface area contributed by atoms with Crippen LogP contribution in [0.2, 0.25) is 0 Å². The van der Waals surface area contributed by atoms with Crippen molar-refractivity contribution in [2.45, 2.75) is 19.6 Å². The molecule has 2 aromatic rings. The number of carboxylic acid groups (broad SMARTS) is 1. The number of carbonyl (C=O) groups excluding carboxylic acids is 4. The molecule has 33 heavy (non-hydrogen) atoms. The Kier molecular flexibility index (Phi) is 7.39. The third-order valence-corrected chi connectivity index (χ3v) is 5.68. The predicted molar refractivity (Wildman–Crippen MR) is 117 cm³/mol. The molecule has 0 saturated carbocycles. The van der Waals surface area contributed by atoms with E-state index in [9.17, 15) is 24.3 Å². The van der Waals surface area contributed by atoms with Crippen LogP contribution in [0.4, 0.5) is 4.79 Å². The van der Waals surface area contributed by atoms with Crippen LogP contribution in [-0.2, 0) is 20.9 Å². The Morgan fingerprint density at radius 1 is 1.12 bits per heavy atom. The maximum absolute atomic E-state index is 12.6. The standard InChI is InChI=1S/C23H21NO8S/c1-13(22(28)31-3)24-20(25)19(33-23(24)29)11-14-7-8-17(18(10-14)30-2)32-12-15-5-4-6-16(9-15)21(26)27/h4-11,13H,12H2,1-3H3,(H,26,27)/p-1/b19-11+/t13-/m0/s1. The van der Waals surface area contributed by atoms with Crippen molar-refractivity contribution >= 4 is 40.9 Å². The number of carbonyl (C=O) groups is 4. The third kappa shape index (κ3) is 5.35. The number of carboxylic acids is 1. The molecule has 1 fully saturated rings. The number of esters is 1. The van der Waals surface area contributed by atoms with Crippen LogP contribution in [0, 0.1) is 0 Å². The Morgan fingerprint density at radius 2 is 1.88 bits per heavy atom. The average Bonchev–Trinajstić information content (AvgIpc) is 3.09. The van der Waals surface area contributed by atoms with E-state index >= 15 is 0 Å². The highest BCUT2D eigenvalue weighted by Crippen LogP contribution is 2.35. The van der Waals surface area contributed by atoms with Gasteiger partial charge in [-0.15, -0.1) is 0 Å². The fraction of sp³-hybridized carbons (Fsp3) is 0.217. The van der Waals surface area contributed by atoms with Crippen molar-refractivity contribution in [1.29, 1.82) is 0 Å². The van der Waals surface area contributed by atoms with Crippen molar-refractivity contribution < 1.29 is 38.5 Å². The molecule has 1 aliphatic rings. The van der Waals surface area contributed by atoms with Gasteiger partial charge in [-0.25, -0.2) is 4.79 Å². The molecule has 10 heteroatoms. The molecule has 0 bridgehead atoms. The van der Waals surface area contributed by atoms with Crippen LogP contribution in [0.5, 0.6) is 11.5 Å².